The molecule has 5 aromatic rings. The SMILES string of the molecule is COc1ccc(-[n+]2c(-c3ccccc3)c(-c3ccccc3)c3ccc(Br)cc3c2C)cc1. The Labute approximate surface area is 196 Å². The smallest absolute Gasteiger partial charge is 0.227 e. The summed E-state index contributed by atoms with van der Waals surface area (Å²) in [5.74, 6) is 0.847. The first-order valence-corrected chi connectivity index (χ1v) is 11.4. The van der Waals surface area contributed by atoms with Crippen molar-refractivity contribution < 1.29 is 9.30 Å². The van der Waals surface area contributed by atoms with Crippen LogP contribution in [0.2, 0.25) is 0 Å². The first-order chi connectivity index (χ1) is 15.7. The molecule has 0 aliphatic heterocycles. The number of aryl methyl sites for hydroxylation is 1. The summed E-state index contributed by atoms with van der Waals surface area (Å²) in [4.78, 5) is 0. The van der Waals surface area contributed by atoms with Gasteiger partial charge in [-0.25, -0.2) is 0 Å². The number of benzene rings is 4. The van der Waals surface area contributed by atoms with Crippen LogP contribution in [0.1, 0.15) is 5.69 Å². The maximum absolute atomic E-state index is 5.41. The Hall–Kier alpha value is -3.43. The lowest BCUT2D eigenvalue weighted by molar-refractivity contribution is -0.588. The molecule has 2 nitrogen and oxygen atoms in total. The molecule has 156 valence electrons. The van der Waals surface area contributed by atoms with E-state index >= 15 is 0 Å². The van der Waals surface area contributed by atoms with Crippen molar-refractivity contribution in [2.24, 2.45) is 0 Å². The second-order valence-corrected chi connectivity index (χ2v) is 8.68. The van der Waals surface area contributed by atoms with E-state index < -0.39 is 0 Å². The molecule has 0 spiro atoms. The van der Waals surface area contributed by atoms with Crippen molar-refractivity contribution >= 4 is 26.7 Å². The van der Waals surface area contributed by atoms with Gasteiger partial charge in [-0.2, -0.15) is 4.57 Å². The first kappa shape index (κ1) is 20.5. The second-order valence-electron chi connectivity index (χ2n) is 7.76. The highest BCUT2D eigenvalue weighted by molar-refractivity contribution is 9.10. The van der Waals surface area contributed by atoms with E-state index in [4.69, 9.17) is 4.74 Å². The van der Waals surface area contributed by atoms with Gasteiger partial charge >= 0.3 is 0 Å². The summed E-state index contributed by atoms with van der Waals surface area (Å²) in [6.45, 7) is 2.19. The minimum Gasteiger partial charge on any atom is -0.497 e. The standard InChI is InChI=1S/C29H23BrNO/c1-20-27-19-23(30)13-18-26(27)28(21-9-5-3-6-10-21)29(22-11-7-4-8-12-22)31(20)24-14-16-25(32-2)17-15-24/h3-19H,1-2H3/q+1. The largest absolute Gasteiger partial charge is 0.497 e. The van der Waals surface area contributed by atoms with Gasteiger partial charge in [-0.15, -0.1) is 0 Å². The van der Waals surface area contributed by atoms with E-state index in [1.54, 1.807) is 7.11 Å². The van der Waals surface area contributed by atoms with E-state index in [1.165, 1.54) is 38.9 Å². The van der Waals surface area contributed by atoms with Crippen LogP contribution in [-0.4, -0.2) is 7.11 Å². The van der Waals surface area contributed by atoms with Gasteiger partial charge in [0.15, 0.2) is 5.69 Å². The maximum Gasteiger partial charge on any atom is 0.227 e. The first-order valence-electron chi connectivity index (χ1n) is 10.6. The summed E-state index contributed by atoms with van der Waals surface area (Å²) in [5, 5.41) is 2.45. The van der Waals surface area contributed by atoms with E-state index in [2.05, 4.69) is 118 Å². The Morgan fingerprint density at radius 1 is 0.688 bits per heavy atom. The number of rotatable bonds is 4. The van der Waals surface area contributed by atoms with Crippen LogP contribution in [0, 0.1) is 6.92 Å². The minimum atomic E-state index is 0.847. The highest BCUT2D eigenvalue weighted by Gasteiger charge is 2.28. The van der Waals surface area contributed by atoms with Crippen molar-refractivity contribution in [1.82, 2.24) is 0 Å². The fourth-order valence-corrected chi connectivity index (χ4v) is 4.74. The average Bonchev–Trinajstić information content (AvgIpc) is 2.85. The molecule has 0 aliphatic carbocycles. The van der Waals surface area contributed by atoms with Gasteiger partial charge in [-0.3, -0.25) is 0 Å². The summed E-state index contributed by atoms with van der Waals surface area (Å²) in [5.41, 5.74) is 7.05. The molecule has 0 saturated heterocycles. The van der Waals surface area contributed by atoms with Gasteiger partial charge in [0.05, 0.1) is 18.1 Å². The Morgan fingerprint density at radius 2 is 1.31 bits per heavy atom. The molecule has 0 saturated carbocycles. The maximum atomic E-state index is 5.41. The van der Waals surface area contributed by atoms with E-state index in [-0.39, 0.29) is 0 Å². The number of ether oxygens (including phenoxy) is 1. The summed E-state index contributed by atoms with van der Waals surface area (Å²) < 4.78 is 8.85. The number of aromatic nitrogens is 1. The Bertz CT molecular complexity index is 1400. The summed E-state index contributed by atoms with van der Waals surface area (Å²) in [6.07, 6.45) is 0. The lowest BCUT2D eigenvalue weighted by Gasteiger charge is -2.16. The Morgan fingerprint density at radius 3 is 1.94 bits per heavy atom. The van der Waals surface area contributed by atoms with Crippen LogP contribution in [-0.2, 0) is 0 Å². The molecule has 3 heteroatoms. The van der Waals surface area contributed by atoms with Gasteiger partial charge in [-0.1, -0.05) is 70.5 Å². The minimum absolute atomic E-state index is 0.847. The number of hydrogen-bond donors (Lipinski definition) is 0. The van der Waals surface area contributed by atoms with Crippen molar-refractivity contribution in [3.05, 3.63) is 113 Å². The van der Waals surface area contributed by atoms with E-state index in [0.29, 0.717) is 0 Å². The van der Waals surface area contributed by atoms with Crippen LogP contribution < -0.4 is 9.30 Å². The third-order valence-corrected chi connectivity index (χ3v) is 6.37. The zero-order chi connectivity index (χ0) is 22.1. The van der Waals surface area contributed by atoms with Crippen LogP contribution in [0.3, 0.4) is 0 Å². The topological polar surface area (TPSA) is 13.1 Å². The molecule has 0 radical (unpaired) electrons. The van der Waals surface area contributed by atoms with Crippen LogP contribution >= 0.6 is 15.9 Å². The normalized spacial score (nSPS) is 11.0. The molecule has 1 aromatic heterocycles. The molecule has 0 amide bonds. The molecule has 1 heterocycles. The fourth-order valence-electron chi connectivity index (χ4n) is 4.38. The van der Waals surface area contributed by atoms with Gasteiger partial charge in [0.1, 0.15) is 5.75 Å². The van der Waals surface area contributed by atoms with E-state index in [0.717, 1.165) is 15.9 Å². The molecule has 0 atom stereocenters. The zero-order valence-corrected chi connectivity index (χ0v) is 19.6. The molecule has 0 N–H and O–H groups in total. The predicted molar refractivity (Wildman–Crippen MR) is 135 cm³/mol. The van der Waals surface area contributed by atoms with Gasteiger partial charge in [0, 0.05) is 34.5 Å². The molecule has 0 aliphatic rings. The average molecular weight is 481 g/mol. The molecule has 5 rings (SSSR count). The van der Waals surface area contributed by atoms with Gasteiger partial charge in [0.25, 0.3) is 0 Å². The molecular weight excluding hydrogens is 458 g/mol. The van der Waals surface area contributed by atoms with Crippen LogP contribution in [0.15, 0.2) is 108 Å². The molecule has 4 aromatic carbocycles. The lowest BCUT2D eigenvalue weighted by Crippen LogP contribution is -2.38. The number of halogens is 1. The zero-order valence-electron chi connectivity index (χ0n) is 18.0. The Balaban J connectivity index is 1.98. The number of methoxy groups -OCH3 is 1. The monoisotopic (exact) mass is 480 g/mol. The quantitative estimate of drug-likeness (QED) is 0.242. The van der Waals surface area contributed by atoms with E-state index in [1.807, 2.05) is 12.1 Å². The Kier molecular flexibility index (Phi) is 5.50. The van der Waals surface area contributed by atoms with E-state index in [9.17, 15) is 0 Å². The van der Waals surface area contributed by atoms with Crippen LogP contribution in [0.25, 0.3) is 38.8 Å². The number of hydrogen-bond acceptors (Lipinski definition) is 1. The molecule has 32 heavy (non-hydrogen) atoms. The van der Waals surface area contributed by atoms with Crippen molar-refractivity contribution in [3.8, 4) is 33.8 Å². The van der Waals surface area contributed by atoms with Crippen LogP contribution in [0.5, 0.6) is 5.75 Å². The summed E-state index contributed by atoms with van der Waals surface area (Å²) in [6, 6.07) is 36.1. The van der Waals surface area contributed by atoms with Crippen molar-refractivity contribution in [2.45, 2.75) is 6.92 Å². The summed E-state index contributed by atoms with van der Waals surface area (Å²) >= 11 is 3.68. The number of pyridine rings is 1. The predicted octanol–water partition coefficient (Wildman–Crippen LogP) is 7.53. The van der Waals surface area contributed by atoms with Crippen molar-refractivity contribution in [3.63, 3.8) is 0 Å². The fraction of sp³-hybridized carbons (Fsp3) is 0.0690. The van der Waals surface area contributed by atoms with Crippen LogP contribution in [0.4, 0.5) is 0 Å². The van der Waals surface area contributed by atoms with Crippen molar-refractivity contribution in [1.29, 1.82) is 0 Å². The van der Waals surface area contributed by atoms with Gasteiger partial charge in [-0.05, 0) is 42.0 Å². The summed E-state index contributed by atoms with van der Waals surface area (Å²) in [7, 11) is 1.70. The third-order valence-electron chi connectivity index (χ3n) is 5.88. The second kappa shape index (κ2) is 8.60. The van der Waals surface area contributed by atoms with Crippen molar-refractivity contribution in [2.75, 3.05) is 7.11 Å². The number of nitrogens with zero attached hydrogens (tertiary/aromatic N) is 1. The molecular formula is C29H23BrNO+. The molecule has 0 fully saturated rings. The van der Waals surface area contributed by atoms with Gasteiger partial charge in [0.2, 0.25) is 11.4 Å². The molecule has 0 unspecified atom stereocenters. The number of fused-ring (bicyclic) bond motifs is 1. The van der Waals surface area contributed by atoms with Gasteiger partial charge < -0.3 is 4.74 Å². The highest BCUT2D eigenvalue weighted by atomic mass is 79.9. The molecule has 0 bridgehead atoms. The highest BCUT2D eigenvalue weighted by Crippen LogP contribution is 2.38. The third kappa shape index (κ3) is 3.59. The lowest BCUT2D eigenvalue weighted by atomic mass is 9.92.